The molecule has 0 aromatic carbocycles. The Balaban J connectivity index is 1.96. The fraction of sp³-hybridized carbons (Fsp3) is 0.0769. The van der Waals surface area contributed by atoms with Gasteiger partial charge < -0.3 is 0 Å². The van der Waals surface area contributed by atoms with E-state index in [9.17, 15) is 0 Å². The minimum absolute atomic E-state index is 0.751. The lowest BCUT2D eigenvalue weighted by Gasteiger charge is -1.99. The van der Waals surface area contributed by atoms with Crippen molar-refractivity contribution < 1.29 is 0 Å². The molecule has 0 saturated carbocycles. The molecule has 3 rings (SSSR count). The van der Waals surface area contributed by atoms with Crippen LogP contribution >= 0.6 is 0 Å². The van der Waals surface area contributed by atoms with Crippen LogP contribution in [-0.2, 0) is 0 Å². The van der Waals surface area contributed by atoms with Gasteiger partial charge in [-0.3, -0.25) is 0 Å². The van der Waals surface area contributed by atoms with Gasteiger partial charge in [0.05, 0.1) is 5.69 Å². The number of rotatable bonds is 2. The Morgan fingerprint density at radius 1 is 1.28 bits per heavy atom. The zero-order chi connectivity index (χ0) is 12.4. The second kappa shape index (κ2) is 4.37. The molecule has 3 heterocycles. The average Bonchev–Trinajstić information content (AvgIpc) is 2.89. The molecule has 0 aliphatic carbocycles. The largest absolute Gasteiger partial charge is 0.236 e. The van der Waals surface area contributed by atoms with Gasteiger partial charge in [-0.05, 0) is 36.8 Å². The summed E-state index contributed by atoms with van der Waals surface area (Å²) in [6.45, 7) is 2.02. The fourth-order valence-corrected chi connectivity index (χ4v) is 1.68. The molecule has 18 heavy (non-hydrogen) atoms. The second-order valence-electron chi connectivity index (χ2n) is 3.99. The molecule has 3 aromatic rings. The summed E-state index contributed by atoms with van der Waals surface area (Å²) in [6, 6.07) is 6.04. The Kier molecular flexibility index (Phi) is 2.57. The van der Waals surface area contributed by atoms with Crippen molar-refractivity contribution in [1.29, 1.82) is 0 Å². The van der Waals surface area contributed by atoms with Crippen molar-refractivity contribution in [2.45, 2.75) is 6.92 Å². The lowest BCUT2D eigenvalue weighted by Crippen LogP contribution is -1.89. The number of hydrogen-bond donors (Lipinski definition) is 0. The van der Waals surface area contributed by atoms with E-state index in [0.29, 0.717) is 0 Å². The van der Waals surface area contributed by atoms with E-state index in [0.717, 1.165) is 22.3 Å². The van der Waals surface area contributed by atoms with Crippen LogP contribution in [0, 0.1) is 6.92 Å². The van der Waals surface area contributed by atoms with Crippen LogP contribution < -0.4 is 0 Å². The molecule has 0 fully saturated rings. The van der Waals surface area contributed by atoms with Gasteiger partial charge >= 0.3 is 0 Å². The maximum atomic E-state index is 4.46. The number of aryl methyl sites for hydroxylation is 1. The minimum Gasteiger partial charge on any atom is -0.236 e. The van der Waals surface area contributed by atoms with E-state index in [-0.39, 0.29) is 0 Å². The normalized spacial score (nSPS) is 11.4. The van der Waals surface area contributed by atoms with Crippen molar-refractivity contribution in [1.82, 2.24) is 24.7 Å². The standard InChI is InChI=1S/C13H11N5/c1-10-6-11-2-3-12(17-13(11)15-7-10)4-5-18-9-14-8-16-18/h2-9H,1H3/b5-4+. The highest BCUT2D eigenvalue weighted by Crippen LogP contribution is 2.12. The van der Waals surface area contributed by atoms with Crippen molar-refractivity contribution in [2.75, 3.05) is 0 Å². The molecule has 88 valence electrons. The van der Waals surface area contributed by atoms with Crippen LogP contribution in [0.2, 0.25) is 0 Å². The van der Waals surface area contributed by atoms with E-state index in [2.05, 4.69) is 26.1 Å². The Bertz CT molecular complexity index is 700. The highest BCUT2D eigenvalue weighted by atomic mass is 15.3. The second-order valence-corrected chi connectivity index (χ2v) is 3.99. The Morgan fingerprint density at radius 3 is 3.06 bits per heavy atom. The summed E-state index contributed by atoms with van der Waals surface area (Å²) >= 11 is 0. The van der Waals surface area contributed by atoms with Gasteiger partial charge in [0.2, 0.25) is 0 Å². The molecule has 0 radical (unpaired) electrons. The summed E-state index contributed by atoms with van der Waals surface area (Å²) in [7, 11) is 0. The Labute approximate surface area is 104 Å². The van der Waals surface area contributed by atoms with Gasteiger partial charge in [-0.1, -0.05) is 0 Å². The molecule has 0 bridgehead atoms. The van der Waals surface area contributed by atoms with Gasteiger partial charge in [0.1, 0.15) is 12.7 Å². The van der Waals surface area contributed by atoms with E-state index in [1.807, 2.05) is 31.3 Å². The zero-order valence-corrected chi connectivity index (χ0v) is 9.85. The molecule has 3 aromatic heterocycles. The van der Waals surface area contributed by atoms with Crippen LogP contribution in [0.15, 0.2) is 37.1 Å². The van der Waals surface area contributed by atoms with Crippen LogP contribution in [-0.4, -0.2) is 24.7 Å². The number of nitrogens with zero attached hydrogens (tertiary/aromatic N) is 5. The first kappa shape index (κ1) is 10.6. The summed E-state index contributed by atoms with van der Waals surface area (Å²) in [4.78, 5) is 12.6. The monoisotopic (exact) mass is 237 g/mol. The molecule has 0 unspecified atom stereocenters. The summed E-state index contributed by atoms with van der Waals surface area (Å²) in [5.74, 6) is 0. The predicted octanol–water partition coefficient (Wildman–Crippen LogP) is 2.16. The summed E-state index contributed by atoms with van der Waals surface area (Å²) < 4.78 is 1.62. The zero-order valence-electron chi connectivity index (χ0n) is 9.85. The summed E-state index contributed by atoms with van der Waals surface area (Å²) in [6.07, 6.45) is 8.60. The SMILES string of the molecule is Cc1cnc2nc(/C=C/n3cncn3)ccc2c1. The Morgan fingerprint density at radius 2 is 2.22 bits per heavy atom. The molecular formula is C13H11N5. The van der Waals surface area contributed by atoms with E-state index < -0.39 is 0 Å². The minimum atomic E-state index is 0.751. The lowest BCUT2D eigenvalue weighted by atomic mass is 10.2. The smallest absolute Gasteiger partial charge is 0.159 e. The van der Waals surface area contributed by atoms with Crippen LogP contribution in [0.4, 0.5) is 0 Å². The van der Waals surface area contributed by atoms with Gasteiger partial charge in [0.15, 0.2) is 5.65 Å². The topological polar surface area (TPSA) is 56.5 Å². The van der Waals surface area contributed by atoms with Crippen LogP contribution in [0.1, 0.15) is 11.3 Å². The van der Waals surface area contributed by atoms with Gasteiger partial charge in [-0.15, -0.1) is 0 Å². The first-order chi connectivity index (χ1) is 8.81. The van der Waals surface area contributed by atoms with Crippen molar-refractivity contribution in [2.24, 2.45) is 0 Å². The first-order valence-corrected chi connectivity index (χ1v) is 5.57. The van der Waals surface area contributed by atoms with Crippen molar-refractivity contribution in [3.05, 3.63) is 48.3 Å². The predicted molar refractivity (Wildman–Crippen MR) is 69.5 cm³/mol. The van der Waals surface area contributed by atoms with Crippen molar-refractivity contribution in [3.63, 3.8) is 0 Å². The maximum Gasteiger partial charge on any atom is 0.159 e. The molecular weight excluding hydrogens is 226 g/mol. The molecule has 0 spiro atoms. The van der Waals surface area contributed by atoms with Gasteiger partial charge in [0, 0.05) is 17.8 Å². The molecule has 0 aliphatic rings. The highest BCUT2D eigenvalue weighted by molar-refractivity contribution is 5.77. The molecule has 0 saturated heterocycles. The number of fused-ring (bicyclic) bond motifs is 1. The first-order valence-electron chi connectivity index (χ1n) is 5.57. The van der Waals surface area contributed by atoms with Crippen LogP contribution in [0.5, 0.6) is 0 Å². The highest BCUT2D eigenvalue weighted by Gasteiger charge is 1.97. The number of pyridine rings is 2. The number of hydrogen-bond acceptors (Lipinski definition) is 4. The number of aromatic nitrogens is 5. The van der Waals surface area contributed by atoms with Crippen LogP contribution in [0.3, 0.4) is 0 Å². The maximum absolute atomic E-state index is 4.46. The summed E-state index contributed by atoms with van der Waals surface area (Å²) in [5.41, 5.74) is 2.73. The van der Waals surface area contributed by atoms with Gasteiger partial charge in [-0.25, -0.2) is 19.6 Å². The van der Waals surface area contributed by atoms with Gasteiger partial charge in [-0.2, -0.15) is 5.10 Å². The van der Waals surface area contributed by atoms with E-state index in [1.165, 1.54) is 6.33 Å². The van der Waals surface area contributed by atoms with Gasteiger partial charge in [0.25, 0.3) is 0 Å². The third kappa shape index (κ3) is 2.10. The summed E-state index contributed by atoms with van der Waals surface area (Å²) in [5, 5.41) is 5.03. The van der Waals surface area contributed by atoms with E-state index >= 15 is 0 Å². The molecule has 0 amide bonds. The Hall–Kier alpha value is -2.56. The van der Waals surface area contributed by atoms with Crippen LogP contribution in [0.25, 0.3) is 23.3 Å². The molecule has 0 aliphatic heterocycles. The van der Waals surface area contributed by atoms with Crippen molar-refractivity contribution >= 4 is 23.3 Å². The third-order valence-corrected chi connectivity index (χ3v) is 2.54. The molecule has 0 atom stereocenters. The average molecular weight is 237 g/mol. The quantitative estimate of drug-likeness (QED) is 0.685. The fourth-order valence-electron chi connectivity index (χ4n) is 1.68. The van der Waals surface area contributed by atoms with E-state index in [4.69, 9.17) is 0 Å². The lowest BCUT2D eigenvalue weighted by molar-refractivity contribution is 0.936. The molecule has 5 heteroatoms. The van der Waals surface area contributed by atoms with E-state index in [1.54, 1.807) is 17.2 Å². The van der Waals surface area contributed by atoms with Crippen molar-refractivity contribution in [3.8, 4) is 0 Å². The molecule has 0 N–H and O–H groups in total. The third-order valence-electron chi connectivity index (χ3n) is 2.54. The molecule has 5 nitrogen and oxygen atoms in total.